The number of piperazine rings is 1. The zero-order valence-electron chi connectivity index (χ0n) is 20.6. The fourth-order valence-electron chi connectivity index (χ4n) is 3.98. The van der Waals surface area contributed by atoms with E-state index < -0.39 is 17.3 Å². The van der Waals surface area contributed by atoms with Crippen molar-refractivity contribution in [3.63, 3.8) is 0 Å². The van der Waals surface area contributed by atoms with Gasteiger partial charge in [0, 0.05) is 50.4 Å². The number of carbonyl (C=O) groups excluding carboxylic acids is 1. The average Bonchev–Trinajstić information content (AvgIpc) is 3.24. The van der Waals surface area contributed by atoms with Crippen molar-refractivity contribution in [2.24, 2.45) is 0 Å². The van der Waals surface area contributed by atoms with Crippen molar-refractivity contribution >= 4 is 22.7 Å². The van der Waals surface area contributed by atoms with Crippen LogP contribution in [0.2, 0.25) is 0 Å². The molecule has 4 rings (SSSR count). The van der Waals surface area contributed by atoms with Gasteiger partial charge < -0.3 is 24.0 Å². The maximum Gasteiger partial charge on any atom is 0.416 e. The summed E-state index contributed by atoms with van der Waals surface area (Å²) in [6.45, 7) is 7.65. The lowest BCUT2D eigenvalue weighted by atomic mass is 10.1. The number of anilines is 1. The molecule has 0 N–H and O–H groups in total. The smallest absolute Gasteiger partial charge is 0.416 e. The Bertz CT molecular complexity index is 1230. The predicted octanol–water partition coefficient (Wildman–Crippen LogP) is 5.08. The number of hydrogen-bond donors (Lipinski definition) is 0. The van der Waals surface area contributed by atoms with Crippen molar-refractivity contribution in [3.8, 4) is 11.4 Å². The number of benzene rings is 2. The summed E-state index contributed by atoms with van der Waals surface area (Å²) in [6.07, 6.45) is -3.25. The fourth-order valence-corrected chi connectivity index (χ4v) is 3.98. The molecule has 1 aliphatic rings. The monoisotopic (exact) mass is 506 g/mol. The van der Waals surface area contributed by atoms with E-state index in [4.69, 9.17) is 14.2 Å². The summed E-state index contributed by atoms with van der Waals surface area (Å²) in [6, 6.07) is 9.13. The molecule has 0 bridgehead atoms. The van der Waals surface area contributed by atoms with Crippen molar-refractivity contribution in [1.82, 2.24) is 14.7 Å². The fraction of sp³-hybridized carbons (Fsp3) is 0.440. The number of halogens is 3. The van der Waals surface area contributed by atoms with E-state index in [1.54, 1.807) is 11.1 Å². The Morgan fingerprint density at radius 3 is 2.36 bits per heavy atom. The molecule has 0 saturated carbocycles. The highest BCUT2D eigenvalue weighted by atomic mass is 19.4. The molecule has 1 amide bonds. The number of rotatable bonds is 5. The van der Waals surface area contributed by atoms with Crippen molar-refractivity contribution in [3.05, 3.63) is 48.2 Å². The highest BCUT2D eigenvalue weighted by Gasteiger charge is 2.32. The van der Waals surface area contributed by atoms with Crippen LogP contribution in [0.15, 0.2) is 42.6 Å². The Labute approximate surface area is 207 Å². The molecular formula is C25H29F3N4O4. The van der Waals surface area contributed by atoms with Gasteiger partial charge in [-0.15, -0.1) is 0 Å². The molecule has 1 aromatic heterocycles. The molecule has 1 saturated heterocycles. The van der Waals surface area contributed by atoms with Crippen molar-refractivity contribution in [2.45, 2.75) is 32.5 Å². The van der Waals surface area contributed by atoms with Crippen LogP contribution in [0.4, 0.5) is 23.7 Å². The van der Waals surface area contributed by atoms with Crippen LogP contribution >= 0.6 is 0 Å². The predicted molar refractivity (Wildman–Crippen MR) is 129 cm³/mol. The van der Waals surface area contributed by atoms with E-state index in [0.717, 1.165) is 23.2 Å². The summed E-state index contributed by atoms with van der Waals surface area (Å²) in [7, 11) is 1.39. The standard InChI is InChI=1S/C25H29F3N4O4/c1-24(2,3)36-23(33)31-9-7-30(8-10-31)19-5-6-22-17(11-19)15-29-32(22)20-12-18(25(26,27)28)13-21(14-20)35-16-34-4/h5-6,11-15H,7-10,16H2,1-4H3. The van der Waals surface area contributed by atoms with Gasteiger partial charge in [-0.3, -0.25) is 0 Å². The number of ether oxygens (including phenoxy) is 3. The molecule has 0 spiro atoms. The molecule has 0 radical (unpaired) electrons. The van der Waals surface area contributed by atoms with Gasteiger partial charge in [-0.2, -0.15) is 18.3 Å². The van der Waals surface area contributed by atoms with E-state index in [0.29, 0.717) is 31.7 Å². The van der Waals surface area contributed by atoms with Gasteiger partial charge in [-0.05, 0) is 51.1 Å². The van der Waals surface area contributed by atoms with Crippen molar-refractivity contribution in [1.29, 1.82) is 0 Å². The van der Waals surface area contributed by atoms with Crippen LogP contribution in [0.1, 0.15) is 26.3 Å². The Morgan fingerprint density at radius 2 is 1.72 bits per heavy atom. The third kappa shape index (κ3) is 5.84. The first kappa shape index (κ1) is 25.6. The lowest BCUT2D eigenvalue weighted by Gasteiger charge is -2.36. The average molecular weight is 507 g/mol. The molecule has 0 unspecified atom stereocenters. The number of fused-ring (bicyclic) bond motifs is 1. The third-order valence-electron chi connectivity index (χ3n) is 5.65. The Morgan fingerprint density at radius 1 is 1.00 bits per heavy atom. The second kappa shape index (κ2) is 9.88. The van der Waals surface area contributed by atoms with Gasteiger partial charge in [0.25, 0.3) is 0 Å². The highest BCUT2D eigenvalue weighted by Crippen LogP contribution is 2.35. The third-order valence-corrected chi connectivity index (χ3v) is 5.65. The SMILES string of the molecule is COCOc1cc(-n2ncc3cc(N4CCN(C(=O)OC(C)(C)C)CC4)ccc32)cc(C(F)(F)F)c1. The van der Waals surface area contributed by atoms with Gasteiger partial charge in [-0.1, -0.05) is 0 Å². The van der Waals surface area contributed by atoms with Crippen LogP contribution in [-0.2, 0) is 15.7 Å². The van der Waals surface area contributed by atoms with Gasteiger partial charge in [0.05, 0.1) is 23.0 Å². The maximum atomic E-state index is 13.5. The van der Waals surface area contributed by atoms with Crippen LogP contribution in [-0.4, -0.2) is 66.5 Å². The molecule has 194 valence electrons. The molecule has 1 aliphatic heterocycles. The van der Waals surface area contributed by atoms with E-state index >= 15 is 0 Å². The van der Waals surface area contributed by atoms with Gasteiger partial charge in [0.1, 0.15) is 11.4 Å². The van der Waals surface area contributed by atoms with Crippen LogP contribution in [0, 0.1) is 0 Å². The van der Waals surface area contributed by atoms with Crippen molar-refractivity contribution < 1.29 is 32.2 Å². The van der Waals surface area contributed by atoms with Gasteiger partial charge in [-0.25, -0.2) is 9.48 Å². The number of amides is 1. The second-order valence-electron chi connectivity index (χ2n) is 9.52. The molecular weight excluding hydrogens is 477 g/mol. The summed E-state index contributed by atoms with van der Waals surface area (Å²) in [5.74, 6) is 0.0322. The van der Waals surface area contributed by atoms with Crippen molar-refractivity contribution in [2.75, 3.05) is 45.0 Å². The first-order valence-electron chi connectivity index (χ1n) is 11.5. The summed E-state index contributed by atoms with van der Waals surface area (Å²) >= 11 is 0. The largest absolute Gasteiger partial charge is 0.467 e. The second-order valence-corrected chi connectivity index (χ2v) is 9.52. The zero-order valence-corrected chi connectivity index (χ0v) is 20.6. The number of nitrogens with zero attached hydrogens (tertiary/aromatic N) is 4. The number of methoxy groups -OCH3 is 1. The molecule has 0 aliphatic carbocycles. The maximum absolute atomic E-state index is 13.5. The van der Waals surface area contributed by atoms with Gasteiger partial charge in [0.2, 0.25) is 0 Å². The lowest BCUT2D eigenvalue weighted by molar-refractivity contribution is -0.137. The summed E-state index contributed by atoms with van der Waals surface area (Å²) in [5.41, 5.74) is 0.441. The number of hydrogen-bond acceptors (Lipinski definition) is 6. The van der Waals surface area contributed by atoms with Crippen LogP contribution in [0.25, 0.3) is 16.6 Å². The zero-order chi connectivity index (χ0) is 26.1. The van der Waals surface area contributed by atoms with Crippen LogP contribution in [0.3, 0.4) is 0 Å². The van der Waals surface area contributed by atoms with Crippen LogP contribution < -0.4 is 9.64 Å². The summed E-state index contributed by atoms with van der Waals surface area (Å²) in [4.78, 5) is 16.2. The topological polar surface area (TPSA) is 69.1 Å². The lowest BCUT2D eigenvalue weighted by Crippen LogP contribution is -2.50. The molecule has 0 atom stereocenters. The molecule has 8 nitrogen and oxygen atoms in total. The number of alkyl halides is 3. The number of carbonyl (C=O) groups is 1. The van der Waals surface area contributed by atoms with E-state index in [1.807, 2.05) is 39.0 Å². The number of aromatic nitrogens is 2. The minimum absolute atomic E-state index is 0.0322. The highest BCUT2D eigenvalue weighted by molar-refractivity contribution is 5.84. The first-order chi connectivity index (χ1) is 16.9. The molecule has 3 aromatic rings. The quantitative estimate of drug-likeness (QED) is 0.450. The molecule has 11 heteroatoms. The summed E-state index contributed by atoms with van der Waals surface area (Å²) < 4.78 is 57.5. The summed E-state index contributed by atoms with van der Waals surface area (Å²) in [5, 5.41) is 5.12. The van der Waals surface area contributed by atoms with E-state index in [9.17, 15) is 18.0 Å². The minimum Gasteiger partial charge on any atom is -0.467 e. The minimum atomic E-state index is -4.54. The molecule has 1 fully saturated rings. The van der Waals surface area contributed by atoms with Gasteiger partial charge >= 0.3 is 12.3 Å². The van der Waals surface area contributed by atoms with Gasteiger partial charge in [0.15, 0.2) is 6.79 Å². The normalized spacial score (nSPS) is 14.9. The van der Waals surface area contributed by atoms with E-state index in [2.05, 4.69) is 10.00 Å². The molecule has 2 heterocycles. The Hall–Kier alpha value is -3.47. The first-order valence-corrected chi connectivity index (χ1v) is 11.5. The Balaban J connectivity index is 1.55. The Kier molecular flexibility index (Phi) is 7.03. The van der Waals surface area contributed by atoms with E-state index in [-0.39, 0.29) is 24.3 Å². The molecule has 36 heavy (non-hydrogen) atoms. The van der Waals surface area contributed by atoms with E-state index in [1.165, 1.54) is 17.9 Å². The molecule has 2 aromatic carbocycles. The van der Waals surface area contributed by atoms with Crippen LogP contribution in [0.5, 0.6) is 5.75 Å².